The standard InChI is InChI=1S/C20H24N4O4/c1-4-23-18-17(19(25)24(5-2)20(23)26)21-16(22-18)11-8-14-6-9-15(10-7-14)28-13-12-27-3/h6-11H,4-5,12-13H2,1-3H3,(H,21,22). The van der Waals surface area contributed by atoms with Crippen molar-refractivity contribution in [3.8, 4) is 5.75 Å². The quantitative estimate of drug-likeness (QED) is 0.601. The number of imidazole rings is 1. The smallest absolute Gasteiger partial charge is 0.332 e. The summed E-state index contributed by atoms with van der Waals surface area (Å²) in [5.41, 5.74) is 0.984. The van der Waals surface area contributed by atoms with E-state index in [0.717, 1.165) is 11.3 Å². The van der Waals surface area contributed by atoms with Gasteiger partial charge in [-0.25, -0.2) is 9.78 Å². The molecule has 8 heteroatoms. The molecule has 0 amide bonds. The fourth-order valence-corrected chi connectivity index (χ4v) is 2.92. The van der Waals surface area contributed by atoms with Gasteiger partial charge in [-0.2, -0.15) is 0 Å². The van der Waals surface area contributed by atoms with Crippen LogP contribution < -0.4 is 16.0 Å². The van der Waals surface area contributed by atoms with Crippen LogP contribution in [0, 0.1) is 0 Å². The van der Waals surface area contributed by atoms with Crippen molar-refractivity contribution in [3.63, 3.8) is 0 Å². The molecule has 0 spiro atoms. The zero-order valence-electron chi connectivity index (χ0n) is 16.3. The Morgan fingerprint density at radius 2 is 1.75 bits per heavy atom. The van der Waals surface area contributed by atoms with Crippen LogP contribution in [0.5, 0.6) is 5.75 Å². The number of aromatic nitrogens is 4. The largest absolute Gasteiger partial charge is 0.491 e. The molecule has 1 aromatic carbocycles. The Labute approximate surface area is 162 Å². The van der Waals surface area contributed by atoms with E-state index in [4.69, 9.17) is 9.47 Å². The molecule has 2 aromatic heterocycles. The first kappa shape index (κ1) is 19.6. The third kappa shape index (κ3) is 3.91. The number of rotatable bonds is 8. The maximum absolute atomic E-state index is 12.5. The number of aromatic amines is 1. The number of hydrogen-bond donors (Lipinski definition) is 1. The van der Waals surface area contributed by atoms with E-state index in [2.05, 4.69) is 9.97 Å². The summed E-state index contributed by atoms with van der Waals surface area (Å²) in [5.74, 6) is 1.29. The van der Waals surface area contributed by atoms with Crippen molar-refractivity contribution in [1.82, 2.24) is 19.1 Å². The van der Waals surface area contributed by atoms with Crippen LogP contribution in [0.2, 0.25) is 0 Å². The van der Waals surface area contributed by atoms with Crippen LogP contribution in [0.1, 0.15) is 25.2 Å². The van der Waals surface area contributed by atoms with Gasteiger partial charge in [-0.1, -0.05) is 18.2 Å². The van der Waals surface area contributed by atoms with E-state index >= 15 is 0 Å². The molecule has 8 nitrogen and oxygen atoms in total. The van der Waals surface area contributed by atoms with Crippen LogP contribution in [-0.4, -0.2) is 39.4 Å². The molecule has 1 N–H and O–H groups in total. The minimum atomic E-state index is -0.350. The molecular formula is C20H24N4O4. The van der Waals surface area contributed by atoms with Gasteiger partial charge in [0.2, 0.25) is 0 Å². The summed E-state index contributed by atoms with van der Waals surface area (Å²) in [5, 5.41) is 0. The van der Waals surface area contributed by atoms with E-state index in [-0.39, 0.29) is 11.2 Å². The molecule has 0 saturated carbocycles. The molecule has 0 unspecified atom stereocenters. The third-order valence-electron chi connectivity index (χ3n) is 4.38. The SMILES string of the molecule is CCn1c(=O)c2[nH]c(C=Cc3ccc(OCCOC)cc3)nc2n(CC)c1=O. The van der Waals surface area contributed by atoms with Gasteiger partial charge in [0.25, 0.3) is 5.56 Å². The average molecular weight is 384 g/mol. The van der Waals surface area contributed by atoms with E-state index in [1.54, 1.807) is 20.1 Å². The summed E-state index contributed by atoms with van der Waals surface area (Å²) in [7, 11) is 1.63. The number of ether oxygens (including phenoxy) is 2. The van der Waals surface area contributed by atoms with Crippen molar-refractivity contribution >= 4 is 23.3 Å². The summed E-state index contributed by atoms with van der Waals surface area (Å²) >= 11 is 0. The number of methoxy groups -OCH3 is 1. The number of aryl methyl sites for hydroxylation is 1. The minimum Gasteiger partial charge on any atom is -0.491 e. The lowest BCUT2D eigenvalue weighted by atomic mass is 10.2. The lowest BCUT2D eigenvalue weighted by Crippen LogP contribution is -2.39. The van der Waals surface area contributed by atoms with Crippen molar-refractivity contribution in [2.24, 2.45) is 0 Å². The molecule has 0 atom stereocenters. The monoisotopic (exact) mass is 384 g/mol. The second-order valence-electron chi connectivity index (χ2n) is 6.14. The predicted octanol–water partition coefficient (Wildman–Crippen LogP) is 2.12. The van der Waals surface area contributed by atoms with E-state index < -0.39 is 0 Å². The van der Waals surface area contributed by atoms with Gasteiger partial charge in [-0.15, -0.1) is 0 Å². The molecule has 28 heavy (non-hydrogen) atoms. The number of hydrogen-bond acceptors (Lipinski definition) is 5. The second-order valence-corrected chi connectivity index (χ2v) is 6.14. The number of nitrogens with one attached hydrogen (secondary N) is 1. The van der Waals surface area contributed by atoms with Gasteiger partial charge in [0.05, 0.1) is 6.61 Å². The molecule has 0 aliphatic heterocycles. The molecule has 3 aromatic rings. The Bertz CT molecular complexity index is 1090. The number of fused-ring (bicyclic) bond motifs is 1. The molecule has 0 bridgehead atoms. The van der Waals surface area contributed by atoms with Gasteiger partial charge in [0, 0.05) is 20.2 Å². The van der Waals surface area contributed by atoms with Crippen molar-refractivity contribution in [3.05, 3.63) is 56.5 Å². The lowest BCUT2D eigenvalue weighted by molar-refractivity contribution is 0.146. The van der Waals surface area contributed by atoms with Crippen molar-refractivity contribution in [2.75, 3.05) is 20.3 Å². The lowest BCUT2D eigenvalue weighted by Gasteiger charge is -2.06. The average Bonchev–Trinajstić information content (AvgIpc) is 3.13. The van der Waals surface area contributed by atoms with Crippen LogP contribution >= 0.6 is 0 Å². The first-order chi connectivity index (χ1) is 13.6. The Morgan fingerprint density at radius 1 is 1.04 bits per heavy atom. The molecule has 0 aliphatic carbocycles. The predicted molar refractivity (Wildman–Crippen MR) is 109 cm³/mol. The molecule has 0 aliphatic rings. The molecular weight excluding hydrogens is 360 g/mol. The minimum absolute atomic E-state index is 0.316. The van der Waals surface area contributed by atoms with E-state index in [9.17, 15) is 9.59 Å². The molecule has 3 rings (SSSR count). The van der Waals surface area contributed by atoms with Crippen LogP contribution in [0.25, 0.3) is 23.3 Å². The fourth-order valence-electron chi connectivity index (χ4n) is 2.92. The summed E-state index contributed by atoms with van der Waals surface area (Å²) in [6.07, 6.45) is 3.66. The highest BCUT2D eigenvalue weighted by Gasteiger charge is 2.14. The van der Waals surface area contributed by atoms with E-state index in [1.165, 1.54) is 9.13 Å². The third-order valence-corrected chi connectivity index (χ3v) is 4.38. The number of H-pyrrole nitrogens is 1. The summed E-state index contributed by atoms with van der Waals surface area (Å²) < 4.78 is 13.2. The van der Waals surface area contributed by atoms with Gasteiger partial charge in [0.15, 0.2) is 5.65 Å². The highest BCUT2D eigenvalue weighted by molar-refractivity contribution is 5.75. The molecule has 2 heterocycles. The first-order valence-corrected chi connectivity index (χ1v) is 9.22. The van der Waals surface area contributed by atoms with Gasteiger partial charge in [0.1, 0.15) is 23.7 Å². The highest BCUT2D eigenvalue weighted by Crippen LogP contribution is 2.15. The van der Waals surface area contributed by atoms with Crippen LogP contribution in [0.4, 0.5) is 0 Å². The Hall–Kier alpha value is -3.13. The first-order valence-electron chi connectivity index (χ1n) is 9.22. The Morgan fingerprint density at radius 3 is 2.39 bits per heavy atom. The van der Waals surface area contributed by atoms with Gasteiger partial charge < -0.3 is 14.5 Å². The highest BCUT2D eigenvalue weighted by atomic mass is 16.5. The van der Waals surface area contributed by atoms with E-state index in [0.29, 0.717) is 43.3 Å². The van der Waals surface area contributed by atoms with Gasteiger partial charge >= 0.3 is 5.69 Å². The fraction of sp³-hybridized carbons (Fsp3) is 0.350. The van der Waals surface area contributed by atoms with Crippen molar-refractivity contribution < 1.29 is 9.47 Å². The van der Waals surface area contributed by atoms with Gasteiger partial charge in [-0.05, 0) is 37.6 Å². The van der Waals surface area contributed by atoms with Crippen LogP contribution in [-0.2, 0) is 17.8 Å². The second kappa shape index (κ2) is 8.71. The van der Waals surface area contributed by atoms with Gasteiger partial charge in [-0.3, -0.25) is 13.9 Å². The number of nitrogens with zero attached hydrogens (tertiary/aromatic N) is 3. The molecule has 0 saturated heterocycles. The maximum atomic E-state index is 12.5. The van der Waals surface area contributed by atoms with Crippen molar-refractivity contribution in [2.45, 2.75) is 26.9 Å². The number of benzene rings is 1. The summed E-state index contributed by atoms with van der Waals surface area (Å²) in [6.45, 7) is 5.42. The Balaban J connectivity index is 1.87. The maximum Gasteiger partial charge on any atom is 0.332 e. The molecule has 0 radical (unpaired) electrons. The van der Waals surface area contributed by atoms with Crippen molar-refractivity contribution in [1.29, 1.82) is 0 Å². The Kier molecular flexibility index (Phi) is 6.10. The zero-order chi connectivity index (χ0) is 20.1. The van der Waals surface area contributed by atoms with Crippen LogP contribution in [0.15, 0.2) is 33.9 Å². The summed E-state index contributed by atoms with van der Waals surface area (Å²) in [4.78, 5) is 32.4. The topological polar surface area (TPSA) is 91.1 Å². The summed E-state index contributed by atoms with van der Waals surface area (Å²) in [6, 6.07) is 7.60. The normalized spacial score (nSPS) is 11.5. The molecule has 148 valence electrons. The van der Waals surface area contributed by atoms with E-state index in [1.807, 2.05) is 37.3 Å². The molecule has 0 fully saturated rings. The zero-order valence-corrected chi connectivity index (χ0v) is 16.3. The van der Waals surface area contributed by atoms with Crippen LogP contribution in [0.3, 0.4) is 0 Å².